The fraction of sp³-hybridized carbons (Fsp3) is 0.423. The topological polar surface area (TPSA) is 157 Å². The number of para-hydroxylation sites is 1. The number of carbonyl (C=O) groups is 3. The van der Waals surface area contributed by atoms with Gasteiger partial charge in [0.05, 0.1) is 0 Å². The Balaban J connectivity index is 0.000000388. The van der Waals surface area contributed by atoms with Crippen LogP contribution in [0.3, 0.4) is 0 Å². The zero-order chi connectivity index (χ0) is 26.7. The van der Waals surface area contributed by atoms with Crippen LogP contribution in [0.2, 0.25) is 0 Å². The molecular weight excluding hydrogens is 468 g/mol. The lowest BCUT2D eigenvalue weighted by Gasteiger charge is -2.35. The van der Waals surface area contributed by atoms with Crippen molar-refractivity contribution in [2.45, 2.75) is 50.2 Å². The van der Waals surface area contributed by atoms with Crippen LogP contribution in [0.1, 0.15) is 38.2 Å². The van der Waals surface area contributed by atoms with E-state index >= 15 is 0 Å². The predicted molar refractivity (Wildman–Crippen MR) is 133 cm³/mol. The molecule has 1 saturated heterocycles. The third-order valence-electron chi connectivity index (χ3n) is 6.17. The minimum Gasteiger partial charge on any atom is -0.479 e. The molecule has 2 aromatic carbocycles. The summed E-state index contributed by atoms with van der Waals surface area (Å²) in [4.78, 5) is 34.2. The highest BCUT2D eigenvalue weighted by Crippen LogP contribution is 2.37. The number of anilines is 1. The molecule has 1 aliphatic rings. The summed E-state index contributed by atoms with van der Waals surface area (Å²) < 4.78 is 5.33. The van der Waals surface area contributed by atoms with Crippen LogP contribution in [-0.2, 0) is 15.0 Å². The molecule has 10 nitrogen and oxygen atoms in total. The maximum Gasteiger partial charge on any atom is 0.417 e. The second-order valence-electron chi connectivity index (χ2n) is 8.80. The molecule has 1 fully saturated rings. The van der Waals surface area contributed by atoms with E-state index in [0.717, 1.165) is 25.2 Å². The zero-order valence-electron chi connectivity index (χ0n) is 20.5. The molecule has 36 heavy (non-hydrogen) atoms. The van der Waals surface area contributed by atoms with E-state index in [1.165, 1.54) is 24.8 Å². The molecule has 0 spiro atoms. The van der Waals surface area contributed by atoms with Crippen LogP contribution in [0.4, 0.5) is 10.5 Å². The second kappa shape index (κ2) is 13.6. The first-order chi connectivity index (χ1) is 17.1. The van der Waals surface area contributed by atoms with Gasteiger partial charge in [-0.3, -0.25) is 5.32 Å². The van der Waals surface area contributed by atoms with Crippen molar-refractivity contribution in [2.75, 3.05) is 25.5 Å². The number of carboxylic acids is 2. The molecule has 1 unspecified atom stereocenters. The monoisotopic (exact) mass is 502 g/mol. The average Bonchev–Trinajstić information content (AvgIpc) is 3.06. The van der Waals surface area contributed by atoms with E-state index < -0.39 is 30.2 Å². The van der Waals surface area contributed by atoms with Crippen molar-refractivity contribution in [2.24, 2.45) is 0 Å². The lowest BCUT2D eigenvalue weighted by Crippen LogP contribution is -2.39. The predicted octanol–water partition coefficient (Wildman–Crippen LogP) is 2.94. The fourth-order valence-electron chi connectivity index (χ4n) is 4.18. The number of hydrogen-bond acceptors (Lipinski definition) is 7. The van der Waals surface area contributed by atoms with Gasteiger partial charge in [0.2, 0.25) is 0 Å². The first-order valence-corrected chi connectivity index (χ1v) is 11.7. The number of likely N-dealkylation sites (N-methyl/N-ethyl adjacent to an activating group) is 1. The van der Waals surface area contributed by atoms with Gasteiger partial charge in [-0.25, -0.2) is 14.4 Å². The summed E-state index contributed by atoms with van der Waals surface area (Å²) in [6.07, 6.45) is -0.223. The highest BCUT2D eigenvalue weighted by molar-refractivity contribution is 5.86. The van der Waals surface area contributed by atoms with Crippen molar-refractivity contribution >= 4 is 23.7 Å². The smallest absolute Gasteiger partial charge is 0.417 e. The van der Waals surface area contributed by atoms with Crippen molar-refractivity contribution in [3.05, 3.63) is 60.2 Å². The minimum atomic E-state index is -2.27. The second-order valence-corrected chi connectivity index (χ2v) is 8.80. The summed E-state index contributed by atoms with van der Waals surface area (Å²) in [5, 5.41) is 35.4. The van der Waals surface area contributed by atoms with Crippen molar-refractivity contribution in [3.63, 3.8) is 0 Å². The van der Waals surface area contributed by atoms with E-state index in [0.29, 0.717) is 5.75 Å². The molecule has 10 heteroatoms. The molecule has 3 atom stereocenters. The van der Waals surface area contributed by atoms with Gasteiger partial charge in [-0.15, -0.1) is 0 Å². The highest BCUT2D eigenvalue weighted by Gasteiger charge is 2.33. The van der Waals surface area contributed by atoms with Crippen LogP contribution < -0.4 is 10.1 Å². The Morgan fingerprint density at radius 1 is 1.00 bits per heavy atom. The quantitative estimate of drug-likeness (QED) is 0.384. The van der Waals surface area contributed by atoms with Gasteiger partial charge in [-0.2, -0.15) is 0 Å². The van der Waals surface area contributed by atoms with Gasteiger partial charge >= 0.3 is 18.0 Å². The molecule has 5 N–H and O–H groups in total. The van der Waals surface area contributed by atoms with Crippen LogP contribution in [0, 0.1) is 0 Å². The summed E-state index contributed by atoms with van der Waals surface area (Å²) >= 11 is 0. The summed E-state index contributed by atoms with van der Waals surface area (Å²) in [5.74, 6) is -3.00. The van der Waals surface area contributed by atoms with Gasteiger partial charge in [0.1, 0.15) is 5.75 Å². The number of carboxylic acid groups (broad SMARTS) is 2. The third kappa shape index (κ3) is 8.33. The number of amides is 1. The maximum atomic E-state index is 12.2. The lowest BCUT2D eigenvalue weighted by molar-refractivity contribution is -0.165. The first kappa shape index (κ1) is 28.8. The van der Waals surface area contributed by atoms with E-state index in [1.54, 1.807) is 12.1 Å². The molecule has 1 amide bonds. The molecule has 1 aliphatic heterocycles. The molecule has 1 heterocycles. The molecule has 3 rings (SSSR count). The Morgan fingerprint density at radius 2 is 1.64 bits per heavy atom. The number of nitrogens with one attached hydrogen (secondary N) is 1. The Labute approximate surface area is 210 Å². The number of carbonyl (C=O) groups excluding carboxylic acids is 1. The molecule has 0 saturated carbocycles. The number of likely N-dealkylation sites (tertiary alicyclic amines) is 1. The number of aliphatic carboxylic acids is 2. The average molecular weight is 503 g/mol. The third-order valence-corrected chi connectivity index (χ3v) is 6.17. The minimum absolute atomic E-state index is 0.145. The zero-order valence-corrected chi connectivity index (χ0v) is 20.5. The summed E-state index contributed by atoms with van der Waals surface area (Å²) in [6, 6.07) is 17.4. The number of rotatable bonds is 7. The summed E-state index contributed by atoms with van der Waals surface area (Å²) in [6.45, 7) is 4.48. The number of ether oxygens (including phenoxy) is 1. The maximum absolute atomic E-state index is 12.2. The van der Waals surface area contributed by atoms with Gasteiger partial charge in [0.15, 0.2) is 12.2 Å². The number of aliphatic hydroxyl groups excluding tert-OH is 2. The van der Waals surface area contributed by atoms with Gasteiger partial charge in [-0.1, -0.05) is 43.7 Å². The van der Waals surface area contributed by atoms with Crippen molar-refractivity contribution in [1.82, 2.24) is 4.90 Å². The molecule has 196 valence electrons. The number of benzene rings is 2. The van der Waals surface area contributed by atoms with Crippen LogP contribution in [-0.4, -0.2) is 75.7 Å². The number of hydrogen-bond donors (Lipinski definition) is 5. The standard InChI is InChI=1S/C22H28N2O2.C4H6O6/c1-3-22(14-7-8-15-24(2)17-22)18-10-9-11-19(16-18)23-21(25)26-20-12-5-4-6-13-20;5-1(3(7)8)2(6)4(9)10/h4-6,9-13,16H,3,7-8,14-15,17H2,1-2H3,(H,23,25);1-2,5-6H,(H,7,8)(H,9,10)/t;1-,2-/m.1/s1. The SMILES string of the molecule is CCC1(c2cccc(NC(=O)Oc3ccccc3)c2)CCCCN(C)C1.O=C(O)[C@H](O)[C@@H](O)C(=O)O. The van der Waals surface area contributed by atoms with Gasteiger partial charge in [-0.05, 0) is 62.7 Å². The van der Waals surface area contributed by atoms with Crippen LogP contribution >= 0.6 is 0 Å². The van der Waals surface area contributed by atoms with E-state index in [4.69, 9.17) is 25.2 Å². The largest absolute Gasteiger partial charge is 0.479 e. The summed E-state index contributed by atoms with van der Waals surface area (Å²) in [7, 11) is 2.20. The molecule has 2 aromatic rings. The normalized spacial score (nSPS) is 19.6. The Morgan fingerprint density at radius 3 is 2.22 bits per heavy atom. The van der Waals surface area contributed by atoms with Gasteiger partial charge in [0, 0.05) is 17.6 Å². The van der Waals surface area contributed by atoms with E-state index in [9.17, 15) is 14.4 Å². The molecule has 0 aromatic heterocycles. The van der Waals surface area contributed by atoms with E-state index in [-0.39, 0.29) is 5.41 Å². The van der Waals surface area contributed by atoms with Crippen LogP contribution in [0.25, 0.3) is 0 Å². The first-order valence-electron chi connectivity index (χ1n) is 11.7. The van der Waals surface area contributed by atoms with E-state index in [2.05, 4.69) is 36.3 Å². The fourth-order valence-corrected chi connectivity index (χ4v) is 4.18. The van der Waals surface area contributed by atoms with Gasteiger partial charge < -0.3 is 30.1 Å². The Kier molecular flexibility index (Phi) is 10.8. The van der Waals surface area contributed by atoms with Crippen molar-refractivity contribution in [1.29, 1.82) is 0 Å². The molecular formula is C26H34N2O8. The van der Waals surface area contributed by atoms with Gasteiger partial charge in [0.25, 0.3) is 0 Å². The Hall–Kier alpha value is -3.47. The van der Waals surface area contributed by atoms with Crippen molar-refractivity contribution < 1.29 is 39.5 Å². The van der Waals surface area contributed by atoms with Crippen LogP contribution in [0.5, 0.6) is 5.75 Å². The lowest BCUT2D eigenvalue weighted by atomic mass is 9.74. The van der Waals surface area contributed by atoms with Crippen molar-refractivity contribution in [3.8, 4) is 5.75 Å². The summed E-state index contributed by atoms with van der Waals surface area (Å²) in [5.41, 5.74) is 2.22. The van der Waals surface area contributed by atoms with Crippen LogP contribution in [0.15, 0.2) is 54.6 Å². The highest BCUT2D eigenvalue weighted by atomic mass is 16.6. The molecule has 0 aliphatic carbocycles. The molecule has 0 bridgehead atoms. The number of nitrogens with zero attached hydrogens (tertiary/aromatic N) is 1. The Bertz CT molecular complexity index is 998. The molecule has 0 radical (unpaired) electrons. The van der Waals surface area contributed by atoms with E-state index in [1.807, 2.05) is 30.3 Å². The number of aliphatic hydroxyl groups is 2.